The third kappa shape index (κ3) is 4.93. The molecule has 1 aliphatic heterocycles. The molecule has 1 aliphatic rings. The van der Waals surface area contributed by atoms with Crippen LogP contribution in [0.2, 0.25) is 0 Å². The zero-order valence-electron chi connectivity index (χ0n) is 17.6. The second kappa shape index (κ2) is 9.17. The number of halogens is 1. The predicted molar refractivity (Wildman–Crippen MR) is 117 cm³/mol. The van der Waals surface area contributed by atoms with Crippen molar-refractivity contribution in [3.63, 3.8) is 0 Å². The maximum atomic E-state index is 13.5. The molecule has 3 aromatic rings. The third-order valence-electron chi connectivity index (χ3n) is 5.47. The molecule has 8 nitrogen and oxygen atoms in total. The fourth-order valence-corrected chi connectivity index (χ4v) is 3.80. The normalized spacial score (nSPS) is 17.3. The maximum Gasteiger partial charge on any atom is 0.303 e. The van der Waals surface area contributed by atoms with Crippen molar-refractivity contribution in [2.45, 2.75) is 44.7 Å². The van der Waals surface area contributed by atoms with Gasteiger partial charge in [-0.25, -0.2) is 9.07 Å². The number of aliphatic carboxylic acids is 1. The number of carbonyl (C=O) groups is 2. The Morgan fingerprint density at radius 2 is 1.81 bits per heavy atom. The Hall–Kier alpha value is -3.75. The highest BCUT2D eigenvalue weighted by molar-refractivity contribution is 5.89. The van der Waals surface area contributed by atoms with Gasteiger partial charge in [0.25, 0.3) is 5.95 Å². The van der Waals surface area contributed by atoms with Crippen LogP contribution in [0, 0.1) is 12.7 Å². The number of hydrogen-bond donors (Lipinski definition) is 3. The number of aromatic nitrogens is 3. The monoisotopic (exact) mass is 437 g/mol. The van der Waals surface area contributed by atoms with Gasteiger partial charge in [-0.3, -0.25) is 14.9 Å². The highest BCUT2D eigenvalue weighted by Gasteiger charge is 2.31. The summed E-state index contributed by atoms with van der Waals surface area (Å²) in [4.78, 5) is 27.2. The van der Waals surface area contributed by atoms with E-state index < -0.39 is 5.97 Å². The molecule has 32 heavy (non-hydrogen) atoms. The van der Waals surface area contributed by atoms with Crippen LogP contribution >= 0.6 is 0 Å². The van der Waals surface area contributed by atoms with Gasteiger partial charge in [-0.15, -0.1) is 5.10 Å². The van der Waals surface area contributed by atoms with E-state index in [1.54, 1.807) is 16.8 Å². The fraction of sp³-hybridized carbons (Fsp3) is 0.304. The van der Waals surface area contributed by atoms with Crippen LogP contribution < -0.4 is 10.6 Å². The number of rotatable bonds is 7. The van der Waals surface area contributed by atoms with Crippen molar-refractivity contribution in [2.75, 3.05) is 10.6 Å². The number of nitrogens with zero attached hydrogens (tertiary/aromatic N) is 3. The molecule has 2 heterocycles. The Labute approximate surface area is 184 Å². The summed E-state index contributed by atoms with van der Waals surface area (Å²) in [7, 11) is 0. The van der Waals surface area contributed by atoms with Gasteiger partial charge in [0.15, 0.2) is 0 Å². The average molecular weight is 437 g/mol. The van der Waals surface area contributed by atoms with Crippen molar-refractivity contribution in [3.05, 3.63) is 71.0 Å². The molecular weight excluding hydrogens is 413 g/mol. The molecule has 0 saturated carbocycles. The predicted octanol–water partition coefficient (Wildman–Crippen LogP) is 4.07. The summed E-state index contributed by atoms with van der Waals surface area (Å²) in [5.41, 5.74) is 3.14. The van der Waals surface area contributed by atoms with E-state index in [0.717, 1.165) is 16.7 Å². The van der Waals surface area contributed by atoms with E-state index >= 15 is 0 Å². The molecule has 166 valence electrons. The molecule has 1 aromatic heterocycles. The summed E-state index contributed by atoms with van der Waals surface area (Å²) in [6.45, 7) is 2.03. The lowest BCUT2D eigenvalue weighted by atomic mass is 9.93. The van der Waals surface area contributed by atoms with E-state index in [0.29, 0.717) is 12.4 Å². The van der Waals surface area contributed by atoms with Crippen LogP contribution in [0.5, 0.6) is 0 Å². The van der Waals surface area contributed by atoms with Gasteiger partial charge >= 0.3 is 5.97 Å². The molecule has 2 aromatic carbocycles. The SMILES string of the molecule is Cc1ccc([C@@H]2C[C@H](c3ccc(F)cc3)n3nc(NC(=O)CCCC(=O)O)nc3N2)cc1. The van der Waals surface area contributed by atoms with Crippen molar-refractivity contribution in [2.24, 2.45) is 0 Å². The number of carbonyl (C=O) groups excluding carboxylic acids is 1. The summed E-state index contributed by atoms with van der Waals surface area (Å²) < 4.78 is 15.2. The van der Waals surface area contributed by atoms with Crippen molar-refractivity contribution >= 4 is 23.8 Å². The van der Waals surface area contributed by atoms with Gasteiger partial charge in [-0.2, -0.15) is 4.98 Å². The Morgan fingerprint density at radius 3 is 2.50 bits per heavy atom. The largest absolute Gasteiger partial charge is 0.481 e. The molecule has 0 aliphatic carbocycles. The van der Waals surface area contributed by atoms with Crippen LogP contribution in [0.15, 0.2) is 48.5 Å². The van der Waals surface area contributed by atoms with E-state index in [9.17, 15) is 14.0 Å². The number of nitrogens with one attached hydrogen (secondary N) is 2. The second-order valence-electron chi connectivity index (χ2n) is 7.91. The number of aryl methyl sites for hydroxylation is 1. The molecule has 0 saturated heterocycles. The molecular formula is C23H24FN5O3. The number of carboxylic acid groups (broad SMARTS) is 1. The minimum absolute atomic E-state index is 0.0403. The Bertz CT molecular complexity index is 1110. The van der Waals surface area contributed by atoms with Crippen LogP contribution in [-0.4, -0.2) is 31.7 Å². The first-order valence-electron chi connectivity index (χ1n) is 10.5. The van der Waals surface area contributed by atoms with Crippen molar-refractivity contribution in [3.8, 4) is 0 Å². The first-order valence-corrected chi connectivity index (χ1v) is 10.5. The summed E-state index contributed by atoms with van der Waals surface area (Å²) >= 11 is 0. The quantitative estimate of drug-likeness (QED) is 0.514. The van der Waals surface area contributed by atoms with Crippen LogP contribution in [0.1, 0.15) is 54.5 Å². The molecule has 3 N–H and O–H groups in total. The molecule has 0 bridgehead atoms. The second-order valence-corrected chi connectivity index (χ2v) is 7.91. The number of hydrogen-bond acceptors (Lipinski definition) is 5. The van der Waals surface area contributed by atoms with Gasteiger partial charge in [-0.1, -0.05) is 42.0 Å². The zero-order valence-corrected chi connectivity index (χ0v) is 17.6. The van der Waals surface area contributed by atoms with Crippen LogP contribution in [0.4, 0.5) is 16.3 Å². The van der Waals surface area contributed by atoms with Crippen LogP contribution in [0.3, 0.4) is 0 Å². The molecule has 1 amide bonds. The fourth-order valence-electron chi connectivity index (χ4n) is 3.80. The summed E-state index contributed by atoms with van der Waals surface area (Å²) in [5.74, 6) is -0.961. The molecule has 9 heteroatoms. The molecule has 0 unspecified atom stereocenters. The Kier molecular flexibility index (Phi) is 6.16. The number of carboxylic acids is 1. The van der Waals surface area contributed by atoms with Gasteiger partial charge < -0.3 is 10.4 Å². The van der Waals surface area contributed by atoms with Gasteiger partial charge in [0, 0.05) is 12.8 Å². The average Bonchev–Trinajstić information content (AvgIpc) is 3.16. The standard InChI is InChI=1S/C23H24FN5O3/c1-14-5-7-15(8-6-14)18-13-19(16-9-11-17(24)12-10-16)29-23(25-18)27-22(28-29)26-20(30)3-2-4-21(31)32/h5-12,18-19H,2-4,13H2,1H3,(H,31,32)(H2,25,26,27,28,30)/t18-,19+/m0/s1. The molecule has 0 spiro atoms. The lowest BCUT2D eigenvalue weighted by molar-refractivity contribution is -0.137. The van der Waals surface area contributed by atoms with E-state index in [4.69, 9.17) is 5.11 Å². The van der Waals surface area contributed by atoms with E-state index in [2.05, 4.69) is 32.8 Å². The summed E-state index contributed by atoms with van der Waals surface area (Å²) in [6, 6.07) is 14.3. The lowest BCUT2D eigenvalue weighted by Crippen LogP contribution is -2.28. The molecule has 2 atom stereocenters. The van der Waals surface area contributed by atoms with Crippen molar-refractivity contribution < 1.29 is 19.1 Å². The topological polar surface area (TPSA) is 109 Å². The smallest absolute Gasteiger partial charge is 0.303 e. The number of fused-ring (bicyclic) bond motifs is 1. The van der Waals surface area contributed by atoms with Crippen molar-refractivity contribution in [1.82, 2.24) is 14.8 Å². The van der Waals surface area contributed by atoms with Crippen molar-refractivity contribution in [1.29, 1.82) is 0 Å². The van der Waals surface area contributed by atoms with Gasteiger partial charge in [0.05, 0.1) is 12.1 Å². The van der Waals surface area contributed by atoms with Gasteiger partial charge in [0.2, 0.25) is 11.9 Å². The van der Waals surface area contributed by atoms with E-state index in [1.807, 2.05) is 19.1 Å². The number of anilines is 2. The Balaban J connectivity index is 1.59. The van der Waals surface area contributed by atoms with E-state index in [1.165, 1.54) is 12.1 Å². The van der Waals surface area contributed by atoms with Crippen LogP contribution in [0.25, 0.3) is 0 Å². The lowest BCUT2D eigenvalue weighted by Gasteiger charge is -2.31. The van der Waals surface area contributed by atoms with E-state index in [-0.39, 0.29) is 49.0 Å². The number of benzene rings is 2. The maximum absolute atomic E-state index is 13.5. The Morgan fingerprint density at radius 1 is 1.12 bits per heavy atom. The third-order valence-corrected chi connectivity index (χ3v) is 5.47. The van der Waals surface area contributed by atoms with Gasteiger partial charge in [0.1, 0.15) is 5.82 Å². The highest BCUT2D eigenvalue weighted by atomic mass is 19.1. The molecule has 0 fully saturated rings. The molecule has 0 radical (unpaired) electrons. The summed E-state index contributed by atoms with van der Waals surface area (Å²) in [5, 5.41) is 19.2. The minimum atomic E-state index is -0.943. The number of amides is 1. The first kappa shape index (κ1) is 21.5. The van der Waals surface area contributed by atoms with Gasteiger partial charge in [-0.05, 0) is 43.0 Å². The van der Waals surface area contributed by atoms with Crippen LogP contribution in [-0.2, 0) is 9.59 Å². The zero-order chi connectivity index (χ0) is 22.7. The molecule has 4 rings (SSSR count). The minimum Gasteiger partial charge on any atom is -0.481 e. The highest BCUT2D eigenvalue weighted by Crippen LogP contribution is 2.38. The first-order chi connectivity index (χ1) is 15.4. The summed E-state index contributed by atoms with van der Waals surface area (Å²) in [6.07, 6.45) is 0.891.